The Morgan fingerprint density at radius 1 is 1.16 bits per heavy atom. The van der Waals surface area contributed by atoms with Crippen molar-refractivity contribution in [1.82, 2.24) is 19.2 Å². The van der Waals surface area contributed by atoms with Crippen LogP contribution < -0.4 is 5.32 Å². The molecule has 3 aromatic rings. The number of likely N-dealkylation sites (N-methyl/N-ethyl adjacent to an activating group) is 1. The highest BCUT2D eigenvalue weighted by molar-refractivity contribution is 7.15. The van der Waals surface area contributed by atoms with E-state index in [1.54, 1.807) is 30.5 Å². The van der Waals surface area contributed by atoms with Crippen molar-refractivity contribution in [2.75, 3.05) is 18.9 Å². The quantitative estimate of drug-likeness (QED) is 0.632. The zero-order valence-electron chi connectivity index (χ0n) is 17.2. The fraction of sp³-hybridized carbons (Fsp3) is 0.364. The molecule has 0 radical (unpaired) electrons. The number of nitrogens with zero attached hydrogens (tertiary/aromatic N) is 4. The van der Waals surface area contributed by atoms with Crippen LogP contribution in [0.2, 0.25) is 0 Å². The molecule has 0 atom stereocenters. The number of carbonyl (C=O) groups excluding carboxylic acids is 3. The van der Waals surface area contributed by atoms with Gasteiger partial charge in [-0.15, -0.1) is 11.3 Å². The fourth-order valence-corrected chi connectivity index (χ4v) is 5.31. The lowest BCUT2D eigenvalue weighted by Crippen LogP contribution is -2.49. The number of benzene rings is 1. The SMILES string of the molecule is CN1C(=O)N(CC(=O)Nc2ccc(-c3cn4ccsc4n3)cc2)C(=O)C12CCCCC2. The molecule has 1 aromatic carbocycles. The Bertz CT molecular complexity index is 1130. The van der Waals surface area contributed by atoms with Gasteiger partial charge in [0.1, 0.15) is 12.1 Å². The average molecular weight is 438 g/mol. The van der Waals surface area contributed by atoms with E-state index in [1.807, 2.05) is 34.3 Å². The highest BCUT2D eigenvalue weighted by atomic mass is 32.1. The molecular weight excluding hydrogens is 414 g/mol. The fourth-order valence-electron chi connectivity index (χ4n) is 4.61. The van der Waals surface area contributed by atoms with Gasteiger partial charge >= 0.3 is 6.03 Å². The summed E-state index contributed by atoms with van der Waals surface area (Å²) in [6.45, 7) is -0.275. The molecule has 2 aromatic heterocycles. The molecule has 8 nitrogen and oxygen atoms in total. The third-order valence-electron chi connectivity index (χ3n) is 6.34. The van der Waals surface area contributed by atoms with Gasteiger partial charge in [-0.25, -0.2) is 9.78 Å². The molecule has 4 amide bonds. The average Bonchev–Trinajstić information content (AvgIpc) is 3.43. The molecule has 0 bridgehead atoms. The number of hydrogen-bond acceptors (Lipinski definition) is 5. The minimum Gasteiger partial charge on any atom is -0.325 e. The second-order valence-corrected chi connectivity index (χ2v) is 9.04. The van der Waals surface area contributed by atoms with Crippen LogP contribution in [0.15, 0.2) is 42.0 Å². The number of urea groups is 1. The summed E-state index contributed by atoms with van der Waals surface area (Å²) >= 11 is 1.57. The zero-order valence-corrected chi connectivity index (χ0v) is 18.0. The third kappa shape index (κ3) is 3.29. The standard InChI is InChI=1S/C22H23N5O3S/c1-25-21(30)27(19(29)22(25)9-3-2-4-10-22)14-18(28)23-16-7-5-15(6-8-16)17-13-26-11-12-31-20(26)24-17/h5-8,11-13H,2-4,9-10,14H2,1H3,(H,23,28). The van der Waals surface area contributed by atoms with E-state index in [4.69, 9.17) is 0 Å². The predicted octanol–water partition coefficient (Wildman–Crippen LogP) is 3.60. The number of imidazole rings is 1. The van der Waals surface area contributed by atoms with Gasteiger partial charge in [0.2, 0.25) is 5.91 Å². The monoisotopic (exact) mass is 437 g/mol. The lowest BCUT2D eigenvalue weighted by molar-refractivity contribution is -0.136. The zero-order chi connectivity index (χ0) is 21.6. The normalized spacial score (nSPS) is 18.4. The summed E-state index contributed by atoms with van der Waals surface area (Å²) in [6.07, 6.45) is 8.17. The summed E-state index contributed by atoms with van der Waals surface area (Å²) in [5, 5.41) is 4.77. The molecule has 31 heavy (non-hydrogen) atoms. The van der Waals surface area contributed by atoms with Crippen LogP contribution in [0, 0.1) is 0 Å². The van der Waals surface area contributed by atoms with Gasteiger partial charge in [-0.2, -0.15) is 0 Å². The first kappa shape index (κ1) is 19.7. The van der Waals surface area contributed by atoms with Crippen LogP contribution in [0.4, 0.5) is 10.5 Å². The number of amides is 4. The molecule has 1 N–H and O–H groups in total. The Hall–Kier alpha value is -3.20. The molecule has 9 heteroatoms. The summed E-state index contributed by atoms with van der Waals surface area (Å²) in [6, 6.07) is 6.97. The van der Waals surface area contributed by atoms with E-state index in [2.05, 4.69) is 10.3 Å². The Kier molecular flexibility index (Phi) is 4.77. The summed E-state index contributed by atoms with van der Waals surface area (Å²) in [4.78, 5) is 46.4. The van der Waals surface area contributed by atoms with Gasteiger partial charge in [0.05, 0.1) is 5.69 Å². The summed E-state index contributed by atoms with van der Waals surface area (Å²) in [5.41, 5.74) is 1.64. The van der Waals surface area contributed by atoms with E-state index in [9.17, 15) is 14.4 Å². The maximum absolute atomic E-state index is 13.0. The van der Waals surface area contributed by atoms with Crippen molar-refractivity contribution in [3.8, 4) is 11.3 Å². The predicted molar refractivity (Wildman–Crippen MR) is 118 cm³/mol. The van der Waals surface area contributed by atoms with E-state index in [1.165, 1.54) is 4.90 Å². The number of fused-ring (bicyclic) bond motifs is 1. The van der Waals surface area contributed by atoms with Gasteiger partial charge in [0, 0.05) is 36.1 Å². The number of anilines is 1. The van der Waals surface area contributed by atoms with E-state index < -0.39 is 17.5 Å². The first-order valence-corrected chi connectivity index (χ1v) is 11.3. The van der Waals surface area contributed by atoms with Crippen LogP contribution in [0.1, 0.15) is 32.1 Å². The summed E-state index contributed by atoms with van der Waals surface area (Å²) < 4.78 is 1.97. The Labute approximate surface area is 183 Å². The van der Waals surface area contributed by atoms with Gasteiger partial charge in [-0.05, 0) is 25.0 Å². The van der Waals surface area contributed by atoms with Crippen molar-refractivity contribution < 1.29 is 14.4 Å². The lowest BCUT2D eigenvalue weighted by atomic mass is 9.81. The van der Waals surface area contributed by atoms with Crippen molar-refractivity contribution in [2.24, 2.45) is 0 Å². The van der Waals surface area contributed by atoms with Crippen molar-refractivity contribution in [2.45, 2.75) is 37.6 Å². The third-order valence-corrected chi connectivity index (χ3v) is 7.11. The lowest BCUT2D eigenvalue weighted by Gasteiger charge is -2.35. The molecule has 2 aliphatic rings. The Balaban J connectivity index is 1.25. The number of rotatable bonds is 4. The smallest absolute Gasteiger partial charge is 0.325 e. The number of thiazole rings is 1. The summed E-state index contributed by atoms with van der Waals surface area (Å²) in [5.74, 6) is -0.636. The molecule has 1 aliphatic carbocycles. The number of aromatic nitrogens is 2. The number of imide groups is 1. The second kappa shape index (κ2) is 7.49. The van der Waals surface area contributed by atoms with Crippen LogP contribution in [-0.2, 0) is 9.59 Å². The Morgan fingerprint density at radius 3 is 2.61 bits per heavy atom. The second-order valence-electron chi connectivity index (χ2n) is 8.17. The van der Waals surface area contributed by atoms with Crippen LogP contribution in [0.3, 0.4) is 0 Å². The van der Waals surface area contributed by atoms with Gasteiger partial charge in [0.25, 0.3) is 5.91 Å². The summed E-state index contributed by atoms with van der Waals surface area (Å²) in [7, 11) is 1.67. The number of nitrogens with one attached hydrogen (secondary N) is 1. The van der Waals surface area contributed by atoms with Crippen molar-refractivity contribution >= 4 is 39.8 Å². The molecule has 160 valence electrons. The molecule has 3 heterocycles. The minimum absolute atomic E-state index is 0.245. The van der Waals surface area contributed by atoms with Gasteiger partial charge in [-0.3, -0.25) is 18.9 Å². The number of hydrogen-bond donors (Lipinski definition) is 1. The first-order chi connectivity index (χ1) is 15.0. The van der Waals surface area contributed by atoms with E-state index in [0.29, 0.717) is 18.5 Å². The van der Waals surface area contributed by atoms with Crippen molar-refractivity contribution in [1.29, 1.82) is 0 Å². The van der Waals surface area contributed by atoms with E-state index >= 15 is 0 Å². The molecule has 5 rings (SSSR count). The van der Waals surface area contributed by atoms with Gasteiger partial charge < -0.3 is 10.2 Å². The maximum Gasteiger partial charge on any atom is 0.327 e. The van der Waals surface area contributed by atoms with E-state index in [0.717, 1.165) is 40.4 Å². The molecule has 1 saturated heterocycles. The first-order valence-electron chi connectivity index (χ1n) is 10.4. The van der Waals surface area contributed by atoms with Crippen LogP contribution in [0.25, 0.3) is 16.2 Å². The maximum atomic E-state index is 13.0. The Morgan fingerprint density at radius 2 is 1.90 bits per heavy atom. The van der Waals surface area contributed by atoms with Crippen molar-refractivity contribution in [3.63, 3.8) is 0 Å². The van der Waals surface area contributed by atoms with Crippen molar-refractivity contribution in [3.05, 3.63) is 42.0 Å². The van der Waals surface area contributed by atoms with Gasteiger partial charge in [-0.1, -0.05) is 31.4 Å². The van der Waals surface area contributed by atoms with Crippen LogP contribution in [0.5, 0.6) is 0 Å². The largest absolute Gasteiger partial charge is 0.327 e. The molecular formula is C22H23N5O3S. The number of carbonyl (C=O) groups is 3. The molecule has 1 saturated carbocycles. The van der Waals surface area contributed by atoms with Crippen LogP contribution in [-0.4, -0.2) is 56.2 Å². The van der Waals surface area contributed by atoms with Gasteiger partial charge in [0.15, 0.2) is 4.96 Å². The highest BCUT2D eigenvalue weighted by Crippen LogP contribution is 2.39. The molecule has 1 spiro atoms. The molecule has 1 aliphatic heterocycles. The minimum atomic E-state index is -0.768. The molecule has 0 unspecified atom stereocenters. The molecule has 2 fully saturated rings. The topological polar surface area (TPSA) is 87.0 Å². The highest BCUT2D eigenvalue weighted by Gasteiger charge is 2.55. The van der Waals surface area contributed by atoms with Crippen LogP contribution >= 0.6 is 11.3 Å². The van der Waals surface area contributed by atoms with E-state index in [-0.39, 0.29) is 12.5 Å².